The van der Waals surface area contributed by atoms with Gasteiger partial charge in [0.15, 0.2) is 0 Å². The molecule has 0 bridgehead atoms. The quantitative estimate of drug-likeness (QED) is 0.387. The molecule has 0 aliphatic carbocycles. The van der Waals surface area contributed by atoms with Gasteiger partial charge in [0.2, 0.25) is 0 Å². The smallest absolute Gasteiger partial charge is 0.251 e. The van der Waals surface area contributed by atoms with Crippen LogP contribution in [0.25, 0.3) is 0 Å². The molecule has 0 fully saturated rings. The molecule has 0 unspecified atom stereocenters. The molecule has 27 heavy (non-hydrogen) atoms. The Kier molecular flexibility index (Phi) is 7.43. The molecule has 0 saturated carbocycles. The van der Waals surface area contributed by atoms with Crippen LogP contribution in [0.4, 0.5) is 0 Å². The molecule has 2 nitrogen and oxygen atoms in total. The highest BCUT2D eigenvalue weighted by Gasteiger charge is 2.05. The van der Waals surface area contributed by atoms with Gasteiger partial charge in [-0.2, -0.15) is 0 Å². The van der Waals surface area contributed by atoms with Gasteiger partial charge in [-0.3, -0.25) is 4.79 Å². The minimum atomic E-state index is -0.0123. The molecule has 3 rings (SSSR count). The summed E-state index contributed by atoms with van der Waals surface area (Å²) >= 11 is 3.56. The molecule has 3 aromatic carbocycles. The minimum absolute atomic E-state index is 0.0123. The summed E-state index contributed by atoms with van der Waals surface area (Å²) in [5.41, 5.74) is 3.19. The number of hydrogen-bond acceptors (Lipinski definition) is 3. The number of carbonyl (C=O) groups excluding carboxylic acids is 1. The van der Waals surface area contributed by atoms with Crippen molar-refractivity contribution < 1.29 is 4.79 Å². The number of aryl methyl sites for hydroxylation is 1. The summed E-state index contributed by atoms with van der Waals surface area (Å²) in [6, 6.07) is 26.7. The molecule has 4 heteroatoms. The zero-order valence-electron chi connectivity index (χ0n) is 15.4. The van der Waals surface area contributed by atoms with E-state index in [2.05, 4.69) is 48.6 Å². The molecule has 138 valence electrons. The maximum absolute atomic E-state index is 12.3. The second kappa shape index (κ2) is 10.2. The fourth-order valence-electron chi connectivity index (χ4n) is 2.51. The molecule has 3 aromatic rings. The molecule has 1 amide bonds. The first-order valence-electron chi connectivity index (χ1n) is 8.95. The Hall–Kier alpha value is -2.17. The molecule has 0 aliphatic heterocycles. The number of thioether (sulfide) groups is 2. The van der Waals surface area contributed by atoms with Crippen LogP contribution in [0.1, 0.15) is 21.5 Å². The normalized spacial score (nSPS) is 10.6. The van der Waals surface area contributed by atoms with Crippen LogP contribution < -0.4 is 5.32 Å². The van der Waals surface area contributed by atoms with Crippen molar-refractivity contribution in [3.8, 4) is 0 Å². The minimum Gasteiger partial charge on any atom is -0.351 e. The monoisotopic (exact) mass is 393 g/mol. The lowest BCUT2D eigenvalue weighted by Gasteiger charge is -2.07. The highest BCUT2D eigenvalue weighted by Crippen LogP contribution is 2.22. The summed E-state index contributed by atoms with van der Waals surface area (Å²) in [6.07, 6.45) is 0. The van der Waals surface area contributed by atoms with E-state index in [0.717, 1.165) is 11.5 Å². The summed E-state index contributed by atoms with van der Waals surface area (Å²) in [6.45, 7) is 2.74. The van der Waals surface area contributed by atoms with Gasteiger partial charge in [-0.15, -0.1) is 23.5 Å². The van der Waals surface area contributed by atoms with Gasteiger partial charge in [-0.1, -0.05) is 48.0 Å². The molecular formula is C23H23NOS2. The Labute approximate surface area is 169 Å². The maximum atomic E-state index is 12.3. The number of carbonyl (C=O) groups is 1. The second-order valence-electron chi connectivity index (χ2n) is 6.22. The van der Waals surface area contributed by atoms with Crippen LogP contribution in [-0.4, -0.2) is 18.2 Å². The number of nitrogens with one attached hydrogen (secondary N) is 1. The van der Waals surface area contributed by atoms with E-state index in [9.17, 15) is 4.79 Å². The zero-order chi connectivity index (χ0) is 18.9. The predicted molar refractivity (Wildman–Crippen MR) is 117 cm³/mol. The van der Waals surface area contributed by atoms with Crippen molar-refractivity contribution in [3.63, 3.8) is 0 Å². The van der Waals surface area contributed by atoms with Crippen LogP contribution in [0, 0.1) is 6.92 Å². The third-order valence-corrected chi connectivity index (χ3v) is 6.14. The fourth-order valence-corrected chi connectivity index (χ4v) is 4.15. The number of benzene rings is 3. The number of rotatable bonds is 8. The third-order valence-electron chi connectivity index (χ3n) is 4.04. The van der Waals surface area contributed by atoms with Gasteiger partial charge in [0.05, 0.1) is 0 Å². The Morgan fingerprint density at radius 2 is 1.48 bits per heavy atom. The van der Waals surface area contributed by atoms with Gasteiger partial charge in [-0.25, -0.2) is 0 Å². The number of amides is 1. The van der Waals surface area contributed by atoms with Crippen molar-refractivity contribution in [2.45, 2.75) is 22.5 Å². The van der Waals surface area contributed by atoms with Crippen molar-refractivity contribution in [1.29, 1.82) is 0 Å². The average molecular weight is 394 g/mol. The molecule has 0 radical (unpaired) electrons. The summed E-state index contributed by atoms with van der Waals surface area (Å²) in [7, 11) is 0. The first-order valence-corrected chi connectivity index (χ1v) is 10.9. The van der Waals surface area contributed by atoms with Gasteiger partial charge in [0.1, 0.15) is 0 Å². The maximum Gasteiger partial charge on any atom is 0.251 e. The van der Waals surface area contributed by atoms with Gasteiger partial charge >= 0.3 is 0 Å². The van der Waals surface area contributed by atoms with Crippen LogP contribution in [-0.2, 0) is 5.75 Å². The van der Waals surface area contributed by atoms with E-state index < -0.39 is 0 Å². The van der Waals surface area contributed by atoms with Gasteiger partial charge in [-0.05, 0) is 48.9 Å². The highest BCUT2D eigenvalue weighted by atomic mass is 32.2. The lowest BCUT2D eigenvalue weighted by molar-refractivity contribution is 0.0956. The first-order chi connectivity index (χ1) is 13.2. The molecule has 0 aromatic heterocycles. The lowest BCUT2D eigenvalue weighted by atomic mass is 10.1. The van der Waals surface area contributed by atoms with Crippen LogP contribution in [0.5, 0.6) is 0 Å². The summed E-state index contributed by atoms with van der Waals surface area (Å²) in [5.74, 6) is 1.75. The van der Waals surface area contributed by atoms with Gasteiger partial charge in [0.25, 0.3) is 5.91 Å². The Bertz CT molecular complexity index is 846. The molecule has 0 atom stereocenters. The van der Waals surface area contributed by atoms with Crippen molar-refractivity contribution in [1.82, 2.24) is 5.32 Å². The molecule has 0 heterocycles. The van der Waals surface area contributed by atoms with E-state index in [0.29, 0.717) is 12.1 Å². The van der Waals surface area contributed by atoms with E-state index >= 15 is 0 Å². The van der Waals surface area contributed by atoms with Gasteiger partial charge in [0, 0.05) is 33.4 Å². The fraction of sp³-hybridized carbons (Fsp3) is 0.174. The summed E-state index contributed by atoms with van der Waals surface area (Å²) in [4.78, 5) is 14.8. The summed E-state index contributed by atoms with van der Waals surface area (Å²) < 4.78 is 0. The number of hydrogen-bond donors (Lipinski definition) is 1. The molecule has 0 spiro atoms. The third kappa shape index (κ3) is 6.49. The van der Waals surface area contributed by atoms with E-state index in [1.165, 1.54) is 20.9 Å². The Morgan fingerprint density at radius 1 is 0.815 bits per heavy atom. The standard InChI is InChI=1S/C23H23NOS2/c1-18-7-13-22(14-8-18)26-16-15-24-23(25)20-11-9-19(10-12-20)17-27-21-5-3-2-4-6-21/h2-14H,15-17H2,1H3,(H,24,25). The Morgan fingerprint density at radius 3 is 2.19 bits per heavy atom. The molecule has 1 N–H and O–H groups in total. The molecule has 0 saturated heterocycles. The largest absolute Gasteiger partial charge is 0.351 e. The average Bonchev–Trinajstić information content (AvgIpc) is 2.72. The topological polar surface area (TPSA) is 29.1 Å². The first kappa shape index (κ1) is 19.6. The van der Waals surface area contributed by atoms with E-state index in [1.54, 1.807) is 23.5 Å². The van der Waals surface area contributed by atoms with Crippen molar-refractivity contribution in [3.05, 3.63) is 95.6 Å². The zero-order valence-corrected chi connectivity index (χ0v) is 17.0. The van der Waals surface area contributed by atoms with Crippen LogP contribution in [0.2, 0.25) is 0 Å². The van der Waals surface area contributed by atoms with Crippen molar-refractivity contribution >= 4 is 29.4 Å². The van der Waals surface area contributed by atoms with E-state index in [1.807, 2.05) is 42.5 Å². The van der Waals surface area contributed by atoms with Crippen LogP contribution in [0.15, 0.2) is 88.7 Å². The van der Waals surface area contributed by atoms with E-state index in [-0.39, 0.29) is 5.91 Å². The SMILES string of the molecule is Cc1ccc(SCCNC(=O)c2ccc(CSc3ccccc3)cc2)cc1. The molecular weight excluding hydrogens is 370 g/mol. The summed E-state index contributed by atoms with van der Waals surface area (Å²) in [5, 5.41) is 2.99. The van der Waals surface area contributed by atoms with Gasteiger partial charge < -0.3 is 5.32 Å². The van der Waals surface area contributed by atoms with Crippen LogP contribution >= 0.6 is 23.5 Å². The van der Waals surface area contributed by atoms with E-state index in [4.69, 9.17) is 0 Å². The van der Waals surface area contributed by atoms with Crippen LogP contribution in [0.3, 0.4) is 0 Å². The highest BCUT2D eigenvalue weighted by molar-refractivity contribution is 7.99. The second-order valence-corrected chi connectivity index (χ2v) is 8.43. The van der Waals surface area contributed by atoms with Crippen molar-refractivity contribution in [2.75, 3.05) is 12.3 Å². The predicted octanol–water partition coefficient (Wildman–Crippen LogP) is 5.81. The Balaban J connectivity index is 1.41. The van der Waals surface area contributed by atoms with Crippen molar-refractivity contribution in [2.24, 2.45) is 0 Å². The molecule has 0 aliphatic rings. The lowest BCUT2D eigenvalue weighted by Crippen LogP contribution is -2.25.